The molecule has 0 aromatic carbocycles. The lowest BCUT2D eigenvalue weighted by atomic mass is 10.4. The van der Waals surface area contributed by atoms with Crippen molar-refractivity contribution >= 4 is 17.0 Å². The van der Waals surface area contributed by atoms with E-state index >= 15 is 0 Å². The van der Waals surface area contributed by atoms with Crippen LogP contribution >= 0.6 is 0 Å². The third kappa shape index (κ3) is 2.13. The van der Waals surface area contributed by atoms with Crippen LogP contribution in [0.3, 0.4) is 0 Å². The second kappa shape index (κ2) is 4.76. The normalized spacial score (nSPS) is 10.9. The molecule has 3 heterocycles. The zero-order valence-corrected chi connectivity index (χ0v) is 11.1. The van der Waals surface area contributed by atoms with E-state index in [-0.39, 0.29) is 6.54 Å². The Bertz CT molecular complexity index is 821. The van der Waals surface area contributed by atoms with Gasteiger partial charge in [-0.3, -0.25) is 4.57 Å². The first-order valence-electron chi connectivity index (χ1n) is 6.14. The van der Waals surface area contributed by atoms with E-state index in [1.807, 2.05) is 13.0 Å². The van der Waals surface area contributed by atoms with Crippen LogP contribution in [0.4, 0.5) is 5.82 Å². The first-order valence-corrected chi connectivity index (χ1v) is 6.14. The number of fused-ring (bicyclic) bond motifs is 1. The van der Waals surface area contributed by atoms with Crippen molar-refractivity contribution < 1.29 is 4.42 Å². The molecule has 0 unspecified atom stereocenters. The van der Waals surface area contributed by atoms with Crippen molar-refractivity contribution in [1.82, 2.24) is 19.5 Å². The Balaban J connectivity index is 2.07. The molecule has 7 heteroatoms. The van der Waals surface area contributed by atoms with Crippen LogP contribution < -0.4 is 11.1 Å². The van der Waals surface area contributed by atoms with Gasteiger partial charge in [-0.25, -0.2) is 19.7 Å². The number of nitrogens with one attached hydrogen (secondary N) is 1. The van der Waals surface area contributed by atoms with Gasteiger partial charge in [-0.2, -0.15) is 0 Å². The van der Waals surface area contributed by atoms with Crippen molar-refractivity contribution in [3.63, 3.8) is 0 Å². The van der Waals surface area contributed by atoms with Crippen LogP contribution in [-0.4, -0.2) is 26.6 Å². The number of pyridine rings is 1. The zero-order valence-electron chi connectivity index (χ0n) is 11.1. The summed E-state index contributed by atoms with van der Waals surface area (Å²) in [6, 6.07) is 5.26. The quantitative estimate of drug-likeness (QED) is 0.769. The summed E-state index contributed by atoms with van der Waals surface area (Å²) in [6.07, 6.45) is 1.62. The van der Waals surface area contributed by atoms with Crippen molar-refractivity contribution in [3.05, 3.63) is 46.5 Å². The highest BCUT2D eigenvalue weighted by Crippen LogP contribution is 2.11. The largest absolute Gasteiger partial charge is 0.421 e. The highest BCUT2D eigenvalue weighted by Gasteiger charge is 2.12. The van der Waals surface area contributed by atoms with Gasteiger partial charge in [0.25, 0.3) is 0 Å². The lowest BCUT2D eigenvalue weighted by molar-refractivity contribution is 0.513. The van der Waals surface area contributed by atoms with Crippen LogP contribution in [0.1, 0.15) is 11.5 Å². The Morgan fingerprint density at radius 2 is 2.25 bits per heavy atom. The summed E-state index contributed by atoms with van der Waals surface area (Å²) in [4.78, 5) is 24.7. The van der Waals surface area contributed by atoms with Crippen LogP contribution in [0.2, 0.25) is 0 Å². The number of aryl methyl sites for hydroxylation is 1. The highest BCUT2D eigenvalue weighted by molar-refractivity contribution is 5.67. The molecule has 0 amide bonds. The number of oxazole rings is 1. The summed E-state index contributed by atoms with van der Waals surface area (Å²) in [7, 11) is 1.78. The Morgan fingerprint density at radius 1 is 1.40 bits per heavy atom. The average Bonchev–Trinajstić information content (AvgIpc) is 2.75. The standard InChI is InChI=1S/C13H13N5O2/c1-8-6-10(14-2)17-11(16-8)7-18-12-9(20-13(18)19)4-3-5-15-12/h3-6H,7H2,1-2H3,(H,14,16,17). The molecule has 0 atom stereocenters. The van der Waals surface area contributed by atoms with Crippen molar-refractivity contribution in [3.8, 4) is 0 Å². The number of rotatable bonds is 3. The number of aromatic nitrogens is 4. The van der Waals surface area contributed by atoms with Crippen LogP contribution in [0.25, 0.3) is 11.2 Å². The maximum atomic E-state index is 11.9. The van der Waals surface area contributed by atoms with Gasteiger partial charge in [0.2, 0.25) is 0 Å². The summed E-state index contributed by atoms with van der Waals surface area (Å²) in [5.41, 5.74) is 1.78. The fourth-order valence-electron chi connectivity index (χ4n) is 2.01. The molecule has 0 aliphatic heterocycles. The molecule has 0 aliphatic carbocycles. The maximum absolute atomic E-state index is 11.9. The smallest absolute Gasteiger partial charge is 0.406 e. The number of nitrogens with zero attached hydrogens (tertiary/aromatic N) is 4. The minimum atomic E-state index is -0.463. The zero-order chi connectivity index (χ0) is 14.1. The molecule has 102 valence electrons. The molecule has 3 rings (SSSR count). The van der Waals surface area contributed by atoms with E-state index in [0.717, 1.165) is 5.69 Å². The Hall–Kier alpha value is -2.70. The second-order valence-corrected chi connectivity index (χ2v) is 4.34. The number of hydrogen-bond donors (Lipinski definition) is 1. The minimum absolute atomic E-state index is 0.221. The van der Waals surface area contributed by atoms with Gasteiger partial charge >= 0.3 is 5.76 Å². The molecule has 0 saturated heterocycles. The summed E-state index contributed by atoms with van der Waals surface area (Å²) in [6.45, 7) is 2.10. The molecular weight excluding hydrogens is 258 g/mol. The lowest BCUT2D eigenvalue weighted by Crippen LogP contribution is -2.17. The maximum Gasteiger partial charge on any atom is 0.421 e. The van der Waals surface area contributed by atoms with Crippen LogP contribution in [0.15, 0.2) is 33.6 Å². The molecule has 0 spiro atoms. The van der Waals surface area contributed by atoms with Gasteiger partial charge in [0, 0.05) is 25.0 Å². The summed E-state index contributed by atoms with van der Waals surface area (Å²) < 4.78 is 6.55. The van der Waals surface area contributed by atoms with Gasteiger partial charge in [-0.15, -0.1) is 0 Å². The van der Waals surface area contributed by atoms with E-state index in [0.29, 0.717) is 22.9 Å². The fourth-order valence-corrected chi connectivity index (χ4v) is 2.01. The Labute approximate surface area is 114 Å². The molecule has 0 radical (unpaired) electrons. The van der Waals surface area contributed by atoms with Crippen LogP contribution in [-0.2, 0) is 6.54 Å². The summed E-state index contributed by atoms with van der Waals surface area (Å²) in [5.74, 6) is 0.779. The van der Waals surface area contributed by atoms with E-state index in [1.54, 1.807) is 25.4 Å². The topological polar surface area (TPSA) is 85.8 Å². The predicted molar refractivity (Wildman–Crippen MR) is 73.7 cm³/mol. The fraction of sp³-hybridized carbons (Fsp3) is 0.231. The molecule has 0 saturated carbocycles. The third-order valence-corrected chi connectivity index (χ3v) is 2.88. The monoisotopic (exact) mass is 271 g/mol. The number of anilines is 1. The van der Waals surface area contributed by atoms with Crippen LogP contribution in [0, 0.1) is 6.92 Å². The SMILES string of the molecule is CNc1cc(C)nc(Cn2c(=O)oc3cccnc32)n1. The van der Waals surface area contributed by atoms with Crippen molar-refractivity contribution in [2.75, 3.05) is 12.4 Å². The molecule has 7 nitrogen and oxygen atoms in total. The van der Waals surface area contributed by atoms with Gasteiger partial charge in [-0.05, 0) is 19.1 Å². The van der Waals surface area contributed by atoms with Crippen molar-refractivity contribution in [1.29, 1.82) is 0 Å². The molecule has 1 N–H and O–H groups in total. The molecule has 0 bridgehead atoms. The molecular formula is C13H13N5O2. The molecule has 0 aliphatic rings. The highest BCUT2D eigenvalue weighted by atomic mass is 16.4. The number of hydrogen-bond acceptors (Lipinski definition) is 6. The van der Waals surface area contributed by atoms with Gasteiger partial charge < -0.3 is 9.73 Å². The average molecular weight is 271 g/mol. The van der Waals surface area contributed by atoms with Gasteiger partial charge in [0.05, 0.1) is 6.54 Å². The molecule has 20 heavy (non-hydrogen) atoms. The Morgan fingerprint density at radius 3 is 3.05 bits per heavy atom. The van der Waals surface area contributed by atoms with Gasteiger partial charge in [0.15, 0.2) is 17.1 Å². The van der Waals surface area contributed by atoms with Crippen LogP contribution in [0.5, 0.6) is 0 Å². The van der Waals surface area contributed by atoms with E-state index in [1.165, 1.54) is 4.57 Å². The molecule has 0 fully saturated rings. The predicted octanol–water partition coefficient (Wildman–Crippen LogP) is 1.18. The summed E-state index contributed by atoms with van der Waals surface area (Å²) in [5, 5.41) is 2.96. The van der Waals surface area contributed by atoms with Gasteiger partial charge in [-0.1, -0.05) is 0 Å². The minimum Gasteiger partial charge on any atom is -0.406 e. The third-order valence-electron chi connectivity index (χ3n) is 2.88. The van der Waals surface area contributed by atoms with Crippen molar-refractivity contribution in [2.45, 2.75) is 13.5 Å². The molecule has 3 aromatic rings. The van der Waals surface area contributed by atoms with E-state index in [2.05, 4.69) is 20.3 Å². The summed E-state index contributed by atoms with van der Waals surface area (Å²) >= 11 is 0. The molecule has 3 aromatic heterocycles. The Kier molecular flexibility index (Phi) is 2.94. The first kappa shape index (κ1) is 12.3. The van der Waals surface area contributed by atoms with Crippen molar-refractivity contribution in [2.24, 2.45) is 0 Å². The first-order chi connectivity index (χ1) is 9.67. The van der Waals surface area contributed by atoms with E-state index in [4.69, 9.17) is 4.42 Å². The lowest BCUT2D eigenvalue weighted by Gasteiger charge is -2.05. The van der Waals surface area contributed by atoms with E-state index < -0.39 is 5.76 Å². The van der Waals surface area contributed by atoms with Gasteiger partial charge in [0.1, 0.15) is 5.82 Å². The second-order valence-electron chi connectivity index (χ2n) is 4.34. The van der Waals surface area contributed by atoms with E-state index in [9.17, 15) is 4.79 Å².